The summed E-state index contributed by atoms with van der Waals surface area (Å²) in [5, 5.41) is 3.41. The molecule has 8 heteroatoms. The zero-order valence-electron chi connectivity index (χ0n) is 14.6. The molecule has 0 saturated heterocycles. The van der Waals surface area contributed by atoms with Crippen LogP contribution in [0.15, 0.2) is 71.9 Å². The van der Waals surface area contributed by atoms with Crippen molar-refractivity contribution >= 4 is 46.6 Å². The van der Waals surface area contributed by atoms with Gasteiger partial charge in [-0.3, -0.25) is 9.59 Å². The Morgan fingerprint density at radius 2 is 1.93 bits per heavy atom. The van der Waals surface area contributed by atoms with Crippen LogP contribution in [0.1, 0.15) is 15.9 Å². The number of benzene rings is 2. The Bertz CT molecular complexity index is 1200. The first-order valence-corrected chi connectivity index (χ1v) is 8.67. The van der Waals surface area contributed by atoms with Gasteiger partial charge in [0.2, 0.25) is 0 Å². The van der Waals surface area contributed by atoms with E-state index in [4.69, 9.17) is 11.6 Å². The summed E-state index contributed by atoms with van der Waals surface area (Å²) in [5.41, 5.74) is 3.00. The smallest absolute Gasteiger partial charge is 0.257 e. The minimum Gasteiger partial charge on any atom is -0.345 e. The number of halogens is 2. The highest BCUT2D eigenvalue weighted by molar-refractivity contribution is 6.31. The Balaban J connectivity index is 0.00000225. The highest BCUT2D eigenvalue weighted by Gasteiger charge is 2.12. The molecule has 0 atom stereocenters. The maximum Gasteiger partial charge on any atom is 0.257 e. The van der Waals surface area contributed by atoms with Crippen LogP contribution in [0.2, 0.25) is 5.02 Å². The number of carbonyl (C=O) groups excluding carboxylic acids is 1. The number of anilines is 1. The Morgan fingerprint density at radius 3 is 2.75 bits per heavy atom. The average Bonchev–Trinajstić information content (AvgIpc) is 3.15. The fourth-order valence-electron chi connectivity index (χ4n) is 2.89. The lowest BCUT2D eigenvalue weighted by Gasteiger charge is -2.11. The molecule has 0 aliphatic rings. The highest BCUT2D eigenvalue weighted by atomic mass is 35.5. The molecule has 2 N–H and O–H groups in total. The van der Waals surface area contributed by atoms with Crippen LogP contribution in [0, 0.1) is 0 Å². The molecule has 0 radical (unpaired) electrons. The topological polar surface area (TPSA) is 79.8 Å². The number of nitrogens with zero attached hydrogens (tertiary/aromatic N) is 2. The number of nitrogens with one attached hydrogen (secondary N) is 2. The Morgan fingerprint density at radius 1 is 1.11 bits per heavy atom. The molecule has 6 nitrogen and oxygen atoms in total. The summed E-state index contributed by atoms with van der Waals surface area (Å²) in [6, 6.07) is 15.7. The summed E-state index contributed by atoms with van der Waals surface area (Å²) in [5.74, 6) is -0.296. The van der Waals surface area contributed by atoms with Gasteiger partial charge in [0.25, 0.3) is 11.5 Å². The molecular formula is C20H16Cl2N4O2. The lowest BCUT2D eigenvalue weighted by atomic mass is 10.1. The van der Waals surface area contributed by atoms with Crippen LogP contribution >= 0.6 is 24.0 Å². The van der Waals surface area contributed by atoms with Crippen molar-refractivity contribution in [1.82, 2.24) is 14.5 Å². The summed E-state index contributed by atoms with van der Waals surface area (Å²) in [7, 11) is 0. The van der Waals surface area contributed by atoms with E-state index in [1.165, 1.54) is 10.6 Å². The maximum absolute atomic E-state index is 12.7. The third kappa shape index (κ3) is 3.93. The SMILES string of the molecule is Cl.O=C(Nc1ccc(=O)n(Cc2ccccc2Cl)c1)c1cccc2[nH]cnc12. The molecule has 0 fully saturated rings. The molecule has 0 bridgehead atoms. The Hall–Kier alpha value is -3.09. The molecule has 4 rings (SSSR count). The van der Waals surface area contributed by atoms with Crippen molar-refractivity contribution in [3.63, 3.8) is 0 Å². The predicted octanol–water partition coefficient (Wildman–Crippen LogP) is 4.10. The van der Waals surface area contributed by atoms with E-state index in [2.05, 4.69) is 15.3 Å². The average molecular weight is 415 g/mol. The number of aromatic amines is 1. The van der Waals surface area contributed by atoms with Crippen molar-refractivity contribution in [2.45, 2.75) is 6.54 Å². The molecule has 0 unspecified atom stereocenters. The van der Waals surface area contributed by atoms with Gasteiger partial charge >= 0.3 is 0 Å². The van der Waals surface area contributed by atoms with Gasteiger partial charge in [-0.25, -0.2) is 4.98 Å². The quantitative estimate of drug-likeness (QED) is 0.527. The monoisotopic (exact) mass is 414 g/mol. The second kappa shape index (κ2) is 8.29. The largest absolute Gasteiger partial charge is 0.345 e. The summed E-state index contributed by atoms with van der Waals surface area (Å²) in [6.45, 7) is 0.317. The Kier molecular flexibility index (Phi) is 5.82. The first-order chi connectivity index (χ1) is 13.1. The number of rotatable bonds is 4. The lowest BCUT2D eigenvalue weighted by Crippen LogP contribution is -2.21. The van der Waals surface area contributed by atoms with Crippen molar-refractivity contribution in [3.8, 4) is 0 Å². The molecule has 0 saturated carbocycles. The van der Waals surface area contributed by atoms with Gasteiger partial charge < -0.3 is 14.9 Å². The van der Waals surface area contributed by atoms with E-state index < -0.39 is 0 Å². The number of fused-ring (bicyclic) bond motifs is 1. The van der Waals surface area contributed by atoms with Gasteiger partial charge in [-0.05, 0) is 29.8 Å². The molecular weight excluding hydrogens is 399 g/mol. The highest BCUT2D eigenvalue weighted by Crippen LogP contribution is 2.18. The number of hydrogen-bond acceptors (Lipinski definition) is 3. The zero-order valence-corrected chi connectivity index (χ0v) is 16.1. The van der Waals surface area contributed by atoms with Crippen molar-refractivity contribution in [2.75, 3.05) is 5.32 Å². The lowest BCUT2D eigenvalue weighted by molar-refractivity contribution is 0.102. The van der Waals surface area contributed by atoms with Gasteiger partial charge in [-0.1, -0.05) is 35.9 Å². The fraction of sp³-hybridized carbons (Fsp3) is 0.0500. The normalized spacial score (nSPS) is 10.5. The first kappa shape index (κ1) is 19.7. The van der Waals surface area contributed by atoms with Gasteiger partial charge in [0.15, 0.2) is 0 Å². The summed E-state index contributed by atoms with van der Waals surface area (Å²) in [4.78, 5) is 32.0. The molecule has 142 valence electrons. The molecule has 1 amide bonds. The Labute approximate surface area is 171 Å². The van der Waals surface area contributed by atoms with Gasteiger partial charge in [0.05, 0.1) is 29.6 Å². The van der Waals surface area contributed by atoms with Crippen LogP contribution in [0.4, 0.5) is 5.69 Å². The number of para-hydroxylation sites is 1. The maximum atomic E-state index is 12.7. The number of amides is 1. The number of H-pyrrole nitrogens is 1. The van der Waals surface area contributed by atoms with Crippen LogP contribution in [0.5, 0.6) is 0 Å². The minimum absolute atomic E-state index is 0. The first-order valence-electron chi connectivity index (χ1n) is 8.29. The number of imidazole rings is 1. The van der Waals surface area contributed by atoms with Crippen LogP contribution in [-0.4, -0.2) is 20.4 Å². The third-order valence-corrected chi connectivity index (χ3v) is 4.60. The van der Waals surface area contributed by atoms with Crippen molar-refractivity contribution < 1.29 is 4.79 Å². The van der Waals surface area contributed by atoms with E-state index in [0.29, 0.717) is 28.3 Å². The standard InChI is InChI=1S/C20H15ClN4O2.ClH/c21-16-6-2-1-4-13(16)10-25-11-14(8-9-18(25)26)24-20(27)15-5-3-7-17-19(15)23-12-22-17;/h1-9,11-12H,10H2,(H,22,23)(H,24,27);1H. The van der Waals surface area contributed by atoms with E-state index in [9.17, 15) is 9.59 Å². The van der Waals surface area contributed by atoms with E-state index in [-0.39, 0.29) is 23.9 Å². The minimum atomic E-state index is -0.296. The van der Waals surface area contributed by atoms with Crippen LogP contribution in [-0.2, 0) is 6.54 Å². The summed E-state index contributed by atoms with van der Waals surface area (Å²) in [6.07, 6.45) is 3.15. The predicted molar refractivity (Wildman–Crippen MR) is 113 cm³/mol. The van der Waals surface area contributed by atoms with Crippen LogP contribution in [0.25, 0.3) is 11.0 Å². The zero-order chi connectivity index (χ0) is 18.8. The van der Waals surface area contributed by atoms with Crippen molar-refractivity contribution in [2.24, 2.45) is 0 Å². The number of hydrogen-bond donors (Lipinski definition) is 2. The van der Waals surface area contributed by atoms with Crippen molar-refractivity contribution in [1.29, 1.82) is 0 Å². The molecule has 0 aliphatic heterocycles. The van der Waals surface area contributed by atoms with Gasteiger partial charge in [0, 0.05) is 17.3 Å². The number of carbonyl (C=O) groups is 1. The molecule has 2 aromatic heterocycles. The molecule has 2 heterocycles. The van der Waals surface area contributed by atoms with Crippen LogP contribution in [0.3, 0.4) is 0 Å². The molecule has 0 aliphatic carbocycles. The van der Waals surface area contributed by atoms with E-state index >= 15 is 0 Å². The fourth-order valence-corrected chi connectivity index (χ4v) is 3.08. The second-order valence-corrected chi connectivity index (χ2v) is 6.44. The van der Waals surface area contributed by atoms with E-state index in [1.54, 1.807) is 36.8 Å². The van der Waals surface area contributed by atoms with Crippen molar-refractivity contribution in [3.05, 3.63) is 93.6 Å². The molecule has 0 spiro atoms. The van der Waals surface area contributed by atoms with E-state index in [0.717, 1.165) is 11.1 Å². The van der Waals surface area contributed by atoms with E-state index in [1.807, 2.05) is 24.3 Å². The molecule has 2 aromatic carbocycles. The third-order valence-electron chi connectivity index (χ3n) is 4.23. The molecule has 4 aromatic rings. The summed E-state index contributed by atoms with van der Waals surface area (Å²) >= 11 is 6.18. The number of pyridine rings is 1. The number of aromatic nitrogens is 3. The van der Waals surface area contributed by atoms with Crippen LogP contribution < -0.4 is 10.9 Å². The second-order valence-electron chi connectivity index (χ2n) is 6.03. The van der Waals surface area contributed by atoms with Gasteiger partial charge in [0.1, 0.15) is 5.52 Å². The summed E-state index contributed by atoms with van der Waals surface area (Å²) < 4.78 is 1.51. The van der Waals surface area contributed by atoms with Gasteiger partial charge in [-0.2, -0.15) is 0 Å². The van der Waals surface area contributed by atoms with Gasteiger partial charge in [-0.15, -0.1) is 12.4 Å². The molecule has 28 heavy (non-hydrogen) atoms.